The van der Waals surface area contributed by atoms with Gasteiger partial charge in [-0.3, -0.25) is 0 Å². The molecule has 0 spiro atoms. The van der Waals surface area contributed by atoms with Crippen LogP contribution in [0, 0.1) is 0 Å². The summed E-state index contributed by atoms with van der Waals surface area (Å²) < 4.78 is 0.965. The summed E-state index contributed by atoms with van der Waals surface area (Å²) in [6.07, 6.45) is 12.5. The minimum Gasteiger partial charge on any atom is -1.00 e. The van der Waals surface area contributed by atoms with E-state index < -0.39 is 0 Å². The van der Waals surface area contributed by atoms with Crippen molar-refractivity contribution in [3.63, 3.8) is 0 Å². The van der Waals surface area contributed by atoms with E-state index in [0.29, 0.717) is 6.61 Å². The van der Waals surface area contributed by atoms with Crippen molar-refractivity contribution in [1.29, 1.82) is 0 Å². The van der Waals surface area contributed by atoms with E-state index in [1.165, 1.54) is 64.3 Å². The highest BCUT2D eigenvalue weighted by Gasteiger charge is 2.12. The monoisotopic (exact) mass is 279 g/mol. The SMILES string of the molecule is CCCCCCCCCCC[N+](C)(C)CCO.[Cl-]. The largest absolute Gasteiger partial charge is 1.00 e. The molecule has 0 fully saturated rings. The van der Waals surface area contributed by atoms with Crippen molar-refractivity contribution in [2.45, 2.75) is 64.7 Å². The molecule has 1 N–H and O–H groups in total. The molecule has 0 aromatic rings. The van der Waals surface area contributed by atoms with Gasteiger partial charge in [0.25, 0.3) is 0 Å². The van der Waals surface area contributed by atoms with E-state index in [-0.39, 0.29) is 12.4 Å². The highest BCUT2D eigenvalue weighted by molar-refractivity contribution is 4.47. The molecule has 2 nitrogen and oxygen atoms in total. The number of hydrogen-bond acceptors (Lipinski definition) is 1. The molecule has 0 rings (SSSR count). The first-order valence-corrected chi connectivity index (χ1v) is 7.55. The van der Waals surface area contributed by atoms with E-state index in [0.717, 1.165) is 11.0 Å². The Hall–Kier alpha value is 0.210. The van der Waals surface area contributed by atoms with Crippen molar-refractivity contribution >= 4 is 0 Å². The maximum atomic E-state index is 8.93. The number of halogens is 1. The molecular formula is C15H34ClNO. The second-order valence-corrected chi connectivity index (χ2v) is 5.93. The Kier molecular flexibility index (Phi) is 15.6. The van der Waals surface area contributed by atoms with Gasteiger partial charge in [0.05, 0.1) is 27.2 Å². The summed E-state index contributed by atoms with van der Waals surface area (Å²) in [5.74, 6) is 0. The van der Waals surface area contributed by atoms with Gasteiger partial charge in [0.1, 0.15) is 6.54 Å². The molecule has 0 saturated carbocycles. The Bertz CT molecular complexity index is 163. The van der Waals surface area contributed by atoms with Crippen LogP contribution in [0.25, 0.3) is 0 Å². The predicted molar refractivity (Wildman–Crippen MR) is 76.2 cm³/mol. The standard InChI is InChI=1S/C15H34NO.ClH/c1-4-5-6-7-8-9-10-11-12-13-16(2,3)14-15-17;/h17H,4-15H2,1-3H3;1H/q+1;/p-1. The van der Waals surface area contributed by atoms with Crippen LogP contribution in [0.1, 0.15) is 64.7 Å². The van der Waals surface area contributed by atoms with Crippen molar-refractivity contribution in [3.05, 3.63) is 0 Å². The van der Waals surface area contributed by atoms with E-state index in [1.807, 2.05) is 0 Å². The summed E-state index contributed by atoms with van der Waals surface area (Å²) in [6.45, 7) is 4.67. The van der Waals surface area contributed by atoms with Gasteiger partial charge < -0.3 is 22.0 Å². The minimum absolute atomic E-state index is 0. The molecule has 0 bridgehead atoms. The lowest BCUT2D eigenvalue weighted by Crippen LogP contribution is -3.00. The summed E-state index contributed by atoms with van der Waals surface area (Å²) in [5.41, 5.74) is 0. The van der Waals surface area contributed by atoms with Crippen LogP contribution in [0.5, 0.6) is 0 Å². The van der Waals surface area contributed by atoms with Gasteiger partial charge in [-0.15, -0.1) is 0 Å². The molecule has 0 amide bonds. The lowest BCUT2D eigenvalue weighted by molar-refractivity contribution is -0.890. The van der Waals surface area contributed by atoms with Gasteiger partial charge in [0, 0.05) is 0 Å². The fourth-order valence-electron chi connectivity index (χ4n) is 2.23. The van der Waals surface area contributed by atoms with E-state index in [4.69, 9.17) is 5.11 Å². The third kappa shape index (κ3) is 14.3. The molecule has 0 atom stereocenters. The second-order valence-electron chi connectivity index (χ2n) is 5.93. The fraction of sp³-hybridized carbons (Fsp3) is 1.00. The van der Waals surface area contributed by atoms with Crippen LogP contribution in [0.2, 0.25) is 0 Å². The number of likely N-dealkylation sites (N-methyl/N-ethyl adjacent to an activating group) is 1. The topological polar surface area (TPSA) is 20.2 Å². The molecule has 0 heterocycles. The van der Waals surface area contributed by atoms with Crippen molar-refractivity contribution in [3.8, 4) is 0 Å². The number of aliphatic hydroxyl groups excluding tert-OH is 1. The number of aliphatic hydroxyl groups is 1. The normalized spacial score (nSPS) is 11.3. The van der Waals surface area contributed by atoms with Gasteiger partial charge in [-0.05, 0) is 12.8 Å². The van der Waals surface area contributed by atoms with Gasteiger partial charge in [-0.1, -0.05) is 51.9 Å². The summed E-state index contributed by atoms with van der Waals surface area (Å²) in [6, 6.07) is 0. The lowest BCUT2D eigenvalue weighted by atomic mass is 10.1. The first kappa shape index (κ1) is 20.5. The number of unbranched alkanes of at least 4 members (excludes halogenated alkanes) is 8. The van der Waals surface area contributed by atoms with Gasteiger partial charge in [0.2, 0.25) is 0 Å². The molecule has 0 aliphatic heterocycles. The molecule has 3 heteroatoms. The lowest BCUT2D eigenvalue weighted by Gasteiger charge is -2.28. The van der Waals surface area contributed by atoms with Crippen LogP contribution in [-0.2, 0) is 0 Å². The molecule has 18 heavy (non-hydrogen) atoms. The van der Waals surface area contributed by atoms with E-state index in [2.05, 4.69) is 21.0 Å². The minimum atomic E-state index is 0. The summed E-state index contributed by atoms with van der Waals surface area (Å²) in [5, 5.41) is 8.93. The molecule has 0 aliphatic rings. The average molecular weight is 280 g/mol. The molecule has 0 aromatic heterocycles. The highest BCUT2D eigenvalue weighted by Crippen LogP contribution is 2.10. The fourth-order valence-corrected chi connectivity index (χ4v) is 2.23. The van der Waals surface area contributed by atoms with Crippen molar-refractivity contribution in [2.75, 3.05) is 33.8 Å². The Morgan fingerprint density at radius 2 is 1.17 bits per heavy atom. The molecular weight excluding hydrogens is 246 g/mol. The predicted octanol–water partition coefficient (Wildman–Crippen LogP) is 0.590. The van der Waals surface area contributed by atoms with Crippen molar-refractivity contribution in [2.24, 2.45) is 0 Å². The third-order valence-electron chi connectivity index (χ3n) is 3.57. The zero-order chi connectivity index (χ0) is 13.0. The van der Waals surface area contributed by atoms with Crippen LogP contribution >= 0.6 is 0 Å². The maximum Gasteiger partial charge on any atom is 0.102 e. The quantitative estimate of drug-likeness (QED) is 0.410. The Balaban J connectivity index is 0. The van der Waals surface area contributed by atoms with Crippen LogP contribution < -0.4 is 12.4 Å². The summed E-state index contributed by atoms with van der Waals surface area (Å²) >= 11 is 0. The van der Waals surface area contributed by atoms with Gasteiger partial charge in [-0.2, -0.15) is 0 Å². The van der Waals surface area contributed by atoms with Crippen LogP contribution in [0.4, 0.5) is 0 Å². The van der Waals surface area contributed by atoms with Crippen LogP contribution in [0.15, 0.2) is 0 Å². The first-order chi connectivity index (χ1) is 8.12. The Morgan fingerprint density at radius 3 is 1.61 bits per heavy atom. The molecule has 0 aromatic carbocycles. The second kappa shape index (κ2) is 13.6. The highest BCUT2D eigenvalue weighted by atomic mass is 35.5. The first-order valence-electron chi connectivity index (χ1n) is 7.55. The third-order valence-corrected chi connectivity index (χ3v) is 3.57. The molecule has 0 saturated heterocycles. The zero-order valence-corrected chi connectivity index (χ0v) is 13.5. The number of hydrogen-bond donors (Lipinski definition) is 1. The smallest absolute Gasteiger partial charge is 0.102 e. The molecule has 0 radical (unpaired) electrons. The van der Waals surface area contributed by atoms with E-state index in [9.17, 15) is 0 Å². The van der Waals surface area contributed by atoms with E-state index >= 15 is 0 Å². The molecule has 0 unspecified atom stereocenters. The number of rotatable bonds is 12. The Morgan fingerprint density at radius 1 is 0.722 bits per heavy atom. The van der Waals surface area contributed by atoms with Crippen molar-refractivity contribution < 1.29 is 22.0 Å². The van der Waals surface area contributed by atoms with Gasteiger partial charge in [-0.25, -0.2) is 0 Å². The zero-order valence-electron chi connectivity index (χ0n) is 12.8. The number of nitrogens with zero attached hydrogens (tertiary/aromatic N) is 1. The Labute approximate surface area is 121 Å². The van der Waals surface area contributed by atoms with Crippen LogP contribution in [-0.4, -0.2) is 43.4 Å². The maximum absolute atomic E-state index is 8.93. The van der Waals surface area contributed by atoms with E-state index in [1.54, 1.807) is 0 Å². The van der Waals surface area contributed by atoms with Crippen molar-refractivity contribution in [1.82, 2.24) is 0 Å². The molecule has 0 aliphatic carbocycles. The number of quaternary nitrogens is 1. The van der Waals surface area contributed by atoms with Crippen LogP contribution in [0.3, 0.4) is 0 Å². The average Bonchev–Trinajstić information content (AvgIpc) is 2.27. The summed E-state index contributed by atoms with van der Waals surface area (Å²) in [7, 11) is 4.42. The summed E-state index contributed by atoms with van der Waals surface area (Å²) in [4.78, 5) is 0. The van der Waals surface area contributed by atoms with Gasteiger partial charge in [0.15, 0.2) is 0 Å². The van der Waals surface area contributed by atoms with Gasteiger partial charge >= 0.3 is 0 Å². The molecule has 112 valence electrons.